The van der Waals surface area contributed by atoms with E-state index >= 15 is 0 Å². The van der Waals surface area contributed by atoms with Crippen LogP contribution in [-0.4, -0.2) is 52.8 Å². The molecule has 1 N–H and O–H groups in total. The number of nitrogens with zero attached hydrogens (tertiary/aromatic N) is 2. The average Bonchev–Trinajstić information content (AvgIpc) is 3.20. The molecule has 0 aromatic heterocycles. The molecule has 146 valence electrons. The maximum Gasteiger partial charge on any atom is 0.416 e. The lowest BCUT2D eigenvalue weighted by Crippen LogP contribution is -2.37. The Bertz CT molecular complexity index is 763. The molecule has 1 aromatic rings. The summed E-state index contributed by atoms with van der Waals surface area (Å²) in [6, 6.07) is 3.77. The molecule has 2 fully saturated rings. The predicted molar refractivity (Wildman–Crippen MR) is 87.4 cm³/mol. The van der Waals surface area contributed by atoms with Crippen molar-refractivity contribution in [2.24, 2.45) is 11.8 Å². The number of benzene rings is 1. The van der Waals surface area contributed by atoms with Crippen LogP contribution in [0.3, 0.4) is 0 Å². The molecule has 3 rings (SSSR count). The van der Waals surface area contributed by atoms with E-state index in [2.05, 4.69) is 0 Å². The maximum absolute atomic E-state index is 12.9. The van der Waals surface area contributed by atoms with Gasteiger partial charge in [-0.05, 0) is 24.1 Å². The van der Waals surface area contributed by atoms with E-state index in [0.29, 0.717) is 18.5 Å². The fourth-order valence-electron chi connectivity index (χ4n) is 3.81. The summed E-state index contributed by atoms with van der Waals surface area (Å²) in [6.45, 7) is 0.381. The summed E-state index contributed by atoms with van der Waals surface area (Å²) in [4.78, 5) is 39.0. The lowest BCUT2D eigenvalue weighted by atomic mass is 9.92. The van der Waals surface area contributed by atoms with E-state index in [1.54, 1.807) is 0 Å². The first kappa shape index (κ1) is 19.2. The standard InChI is InChI=1S/C18H19F3N2O4/c1-22-14(24)8-13(16(25)23-7-6-11(9-23)17(26)27)15(22)10-2-4-12(5-3-10)18(19,20)21/h2-5,11,13,15H,6-9H2,1H3,(H,26,27). The van der Waals surface area contributed by atoms with Gasteiger partial charge in [0.05, 0.1) is 23.4 Å². The highest BCUT2D eigenvalue weighted by molar-refractivity contribution is 5.90. The molecule has 6 nitrogen and oxygen atoms in total. The molecule has 3 unspecified atom stereocenters. The molecule has 2 amide bonds. The van der Waals surface area contributed by atoms with Crippen molar-refractivity contribution >= 4 is 17.8 Å². The van der Waals surface area contributed by atoms with Crippen LogP contribution in [0.15, 0.2) is 24.3 Å². The Morgan fingerprint density at radius 1 is 1.19 bits per heavy atom. The minimum atomic E-state index is -4.47. The Morgan fingerprint density at radius 2 is 1.81 bits per heavy atom. The number of alkyl halides is 3. The molecule has 0 spiro atoms. The van der Waals surface area contributed by atoms with Crippen molar-refractivity contribution in [1.82, 2.24) is 9.80 Å². The van der Waals surface area contributed by atoms with Gasteiger partial charge in [0.2, 0.25) is 11.8 Å². The van der Waals surface area contributed by atoms with Gasteiger partial charge in [-0.1, -0.05) is 12.1 Å². The zero-order chi connectivity index (χ0) is 19.9. The van der Waals surface area contributed by atoms with Gasteiger partial charge >= 0.3 is 12.1 Å². The van der Waals surface area contributed by atoms with Crippen LogP contribution < -0.4 is 0 Å². The second-order valence-corrected chi connectivity index (χ2v) is 6.99. The number of rotatable bonds is 3. The normalized spacial score (nSPS) is 25.9. The molecular weight excluding hydrogens is 365 g/mol. The van der Waals surface area contributed by atoms with Gasteiger partial charge < -0.3 is 14.9 Å². The third-order valence-electron chi connectivity index (χ3n) is 5.33. The summed E-state index contributed by atoms with van der Waals surface area (Å²) in [7, 11) is 1.52. The van der Waals surface area contributed by atoms with Crippen LogP contribution in [0.1, 0.15) is 30.0 Å². The van der Waals surface area contributed by atoms with Crippen LogP contribution in [0.2, 0.25) is 0 Å². The number of carbonyl (C=O) groups excluding carboxylic acids is 2. The van der Waals surface area contributed by atoms with E-state index in [0.717, 1.165) is 12.1 Å². The molecule has 1 aromatic carbocycles. The lowest BCUT2D eigenvalue weighted by molar-refractivity contribution is -0.142. The fraction of sp³-hybridized carbons (Fsp3) is 0.500. The average molecular weight is 384 g/mol. The van der Waals surface area contributed by atoms with Gasteiger partial charge in [-0.15, -0.1) is 0 Å². The van der Waals surface area contributed by atoms with Gasteiger partial charge in [-0.3, -0.25) is 14.4 Å². The number of amides is 2. The molecule has 0 saturated carbocycles. The lowest BCUT2D eigenvalue weighted by Gasteiger charge is -2.28. The van der Waals surface area contributed by atoms with E-state index in [1.165, 1.54) is 29.0 Å². The molecule has 0 bridgehead atoms. The molecule has 0 aliphatic carbocycles. The van der Waals surface area contributed by atoms with Crippen LogP contribution in [0.4, 0.5) is 13.2 Å². The van der Waals surface area contributed by atoms with Crippen molar-refractivity contribution in [2.45, 2.75) is 25.1 Å². The molecule has 3 atom stereocenters. The first-order valence-corrected chi connectivity index (χ1v) is 8.54. The number of likely N-dealkylation sites (tertiary alicyclic amines) is 2. The third kappa shape index (κ3) is 3.63. The maximum atomic E-state index is 12.9. The Labute approximate surface area is 153 Å². The largest absolute Gasteiger partial charge is 0.481 e. The van der Waals surface area contributed by atoms with Gasteiger partial charge in [-0.25, -0.2) is 0 Å². The Balaban J connectivity index is 1.83. The van der Waals surface area contributed by atoms with E-state index in [9.17, 15) is 27.6 Å². The Kier molecular flexibility index (Phi) is 4.88. The summed E-state index contributed by atoms with van der Waals surface area (Å²) in [5.41, 5.74) is -0.353. The van der Waals surface area contributed by atoms with Crippen molar-refractivity contribution in [3.63, 3.8) is 0 Å². The van der Waals surface area contributed by atoms with Crippen molar-refractivity contribution in [3.8, 4) is 0 Å². The molecule has 2 saturated heterocycles. The molecule has 2 aliphatic heterocycles. The van der Waals surface area contributed by atoms with E-state index in [-0.39, 0.29) is 24.8 Å². The summed E-state index contributed by atoms with van der Waals surface area (Å²) in [6.07, 6.45) is -4.16. The monoisotopic (exact) mass is 384 g/mol. The van der Waals surface area contributed by atoms with Crippen molar-refractivity contribution in [1.29, 1.82) is 0 Å². The number of aliphatic carboxylic acids is 1. The second-order valence-electron chi connectivity index (χ2n) is 6.99. The minimum Gasteiger partial charge on any atom is -0.481 e. The summed E-state index contributed by atoms with van der Waals surface area (Å²) in [5, 5.41) is 9.09. The van der Waals surface area contributed by atoms with Gasteiger partial charge in [0.25, 0.3) is 0 Å². The Hall–Kier alpha value is -2.58. The first-order valence-electron chi connectivity index (χ1n) is 8.54. The SMILES string of the molecule is CN1C(=O)CC(C(=O)N2CCC(C(=O)O)C2)C1c1ccc(C(F)(F)F)cc1. The molecular formula is C18H19F3N2O4. The van der Waals surface area contributed by atoms with Gasteiger partial charge in [0.1, 0.15) is 0 Å². The minimum absolute atomic E-state index is 0.0464. The van der Waals surface area contributed by atoms with Crippen LogP contribution in [-0.2, 0) is 20.6 Å². The molecule has 27 heavy (non-hydrogen) atoms. The van der Waals surface area contributed by atoms with Crippen molar-refractivity contribution in [2.75, 3.05) is 20.1 Å². The number of carbonyl (C=O) groups is 3. The zero-order valence-corrected chi connectivity index (χ0v) is 14.6. The van der Waals surface area contributed by atoms with Crippen LogP contribution >= 0.6 is 0 Å². The van der Waals surface area contributed by atoms with Crippen molar-refractivity contribution < 1.29 is 32.7 Å². The number of carboxylic acids is 1. The highest BCUT2D eigenvalue weighted by atomic mass is 19.4. The van der Waals surface area contributed by atoms with Gasteiger partial charge in [-0.2, -0.15) is 13.2 Å². The fourth-order valence-corrected chi connectivity index (χ4v) is 3.81. The van der Waals surface area contributed by atoms with Crippen molar-refractivity contribution in [3.05, 3.63) is 35.4 Å². The van der Waals surface area contributed by atoms with Crippen LogP contribution in [0.5, 0.6) is 0 Å². The number of hydrogen-bond donors (Lipinski definition) is 1. The topological polar surface area (TPSA) is 77.9 Å². The van der Waals surface area contributed by atoms with Crippen LogP contribution in [0, 0.1) is 11.8 Å². The number of hydrogen-bond acceptors (Lipinski definition) is 3. The quantitative estimate of drug-likeness (QED) is 0.866. The second kappa shape index (κ2) is 6.86. The smallest absolute Gasteiger partial charge is 0.416 e. The summed E-state index contributed by atoms with van der Waals surface area (Å²) >= 11 is 0. The van der Waals surface area contributed by atoms with Crippen LogP contribution in [0.25, 0.3) is 0 Å². The Morgan fingerprint density at radius 3 is 2.33 bits per heavy atom. The van der Waals surface area contributed by atoms with E-state index in [4.69, 9.17) is 5.11 Å². The van der Waals surface area contributed by atoms with Gasteiger partial charge in [0, 0.05) is 26.6 Å². The molecule has 2 aliphatic rings. The van der Waals surface area contributed by atoms with Gasteiger partial charge in [0.15, 0.2) is 0 Å². The third-order valence-corrected chi connectivity index (χ3v) is 5.33. The summed E-state index contributed by atoms with van der Waals surface area (Å²) in [5.74, 6) is -2.95. The molecule has 9 heteroatoms. The number of carboxylic acid groups (broad SMARTS) is 1. The number of halogens is 3. The van der Waals surface area contributed by atoms with E-state index in [1.807, 2.05) is 0 Å². The highest BCUT2D eigenvalue weighted by Gasteiger charge is 2.46. The molecule has 0 radical (unpaired) electrons. The summed E-state index contributed by atoms with van der Waals surface area (Å²) < 4.78 is 38.3. The predicted octanol–water partition coefficient (Wildman–Crippen LogP) is 2.16. The zero-order valence-electron chi connectivity index (χ0n) is 14.6. The molecule has 2 heterocycles. The highest BCUT2D eigenvalue weighted by Crippen LogP contribution is 2.40. The van der Waals surface area contributed by atoms with E-state index < -0.39 is 35.6 Å². The first-order chi connectivity index (χ1) is 12.6.